The third-order valence-corrected chi connectivity index (χ3v) is 0. The van der Waals surface area contributed by atoms with Crippen LogP contribution in [-0.4, -0.2) is 23.1 Å². The van der Waals surface area contributed by atoms with E-state index in [2.05, 4.69) is 0 Å². The maximum Gasteiger partial charge on any atom is 2.00 e. The van der Waals surface area contributed by atoms with Crippen molar-refractivity contribution >= 4 is 23.1 Å². The van der Waals surface area contributed by atoms with E-state index < -0.39 is 0 Å². The van der Waals surface area contributed by atoms with Gasteiger partial charge in [0.05, 0.1) is 0 Å². The van der Waals surface area contributed by atoms with Crippen molar-refractivity contribution < 1.29 is 17.0 Å². The van der Waals surface area contributed by atoms with Gasteiger partial charge in [-0.25, -0.2) is 0 Å². The van der Waals surface area contributed by atoms with E-state index in [-0.39, 0.29) is 46.2 Å². The Balaban J connectivity index is -0.00000000667. The molecule has 6 heavy (non-hydrogen) atoms. The summed E-state index contributed by atoms with van der Waals surface area (Å²) in [5, 5.41) is 0. The van der Waals surface area contributed by atoms with E-state index in [1.54, 1.807) is 0 Å². The normalized spacial score (nSPS) is 3.00. The van der Waals surface area contributed by atoms with Gasteiger partial charge in [-0.3, -0.25) is 0 Å². The Kier molecular flexibility index (Phi) is 156. The molecule has 0 fully saturated rings. The standard InChI is InChI=1S/C3H7.BrH.Mg.H3N/c1-3-2;;;/h3H,1-2H3;1H;;1H3/q-1;;+2;/p-1. The first-order chi connectivity index (χ1) is 1.41. The third kappa shape index (κ3) is 63.3. The first-order valence-electron chi connectivity index (χ1n) is 1.15. The fraction of sp³-hybridized carbons (Fsp3) is 0.667. The Morgan fingerprint density at radius 3 is 1.17 bits per heavy atom. The molecule has 0 unspecified atom stereocenters. The van der Waals surface area contributed by atoms with Crippen LogP contribution in [0.25, 0.3) is 0 Å². The van der Waals surface area contributed by atoms with Gasteiger partial charge in [0.15, 0.2) is 0 Å². The average Bonchev–Trinajstić information content (AvgIpc) is 0.918. The summed E-state index contributed by atoms with van der Waals surface area (Å²) >= 11 is 0. The van der Waals surface area contributed by atoms with Crippen molar-refractivity contribution in [1.82, 2.24) is 6.15 Å². The first-order valence-corrected chi connectivity index (χ1v) is 1.15. The van der Waals surface area contributed by atoms with Crippen LogP contribution in [0.15, 0.2) is 0 Å². The van der Waals surface area contributed by atoms with Crippen LogP contribution in [0.5, 0.6) is 0 Å². The smallest absolute Gasteiger partial charge is 1.00 e. The van der Waals surface area contributed by atoms with Gasteiger partial charge in [-0.2, -0.15) is 13.8 Å². The molecule has 0 aliphatic heterocycles. The molecule has 0 rings (SSSR count). The Hall–Kier alpha value is 1.21. The van der Waals surface area contributed by atoms with Gasteiger partial charge in [0.1, 0.15) is 0 Å². The van der Waals surface area contributed by atoms with Gasteiger partial charge in [-0.1, -0.05) is 0 Å². The summed E-state index contributed by atoms with van der Waals surface area (Å²) < 4.78 is 0. The quantitative estimate of drug-likeness (QED) is 0.327. The zero-order valence-electron chi connectivity index (χ0n) is 4.37. The Morgan fingerprint density at radius 1 is 1.17 bits per heavy atom. The molecule has 0 radical (unpaired) electrons. The monoisotopic (exact) mass is 163 g/mol. The van der Waals surface area contributed by atoms with Crippen LogP contribution < -0.4 is 23.1 Å². The van der Waals surface area contributed by atoms with Crippen molar-refractivity contribution in [2.75, 3.05) is 0 Å². The van der Waals surface area contributed by atoms with Gasteiger partial charge < -0.3 is 29.6 Å². The topological polar surface area (TPSA) is 35.0 Å². The molecule has 0 spiro atoms. The molecule has 36 valence electrons. The summed E-state index contributed by atoms with van der Waals surface area (Å²) in [6, 6.07) is 0. The Labute approximate surface area is 66.4 Å². The van der Waals surface area contributed by atoms with E-state index in [9.17, 15) is 0 Å². The molecule has 0 aromatic rings. The van der Waals surface area contributed by atoms with Crippen LogP contribution in [0.3, 0.4) is 0 Å². The largest absolute Gasteiger partial charge is 2.00 e. The van der Waals surface area contributed by atoms with E-state index >= 15 is 0 Å². The van der Waals surface area contributed by atoms with Crippen molar-refractivity contribution in [3.8, 4) is 0 Å². The number of rotatable bonds is 0. The second-order valence-electron chi connectivity index (χ2n) is 0.577. The third-order valence-electron chi connectivity index (χ3n) is 0. The molecule has 1 nitrogen and oxygen atoms in total. The maximum atomic E-state index is 2.00. The first kappa shape index (κ1) is 27.0. The molecule has 0 bridgehead atoms. The van der Waals surface area contributed by atoms with Crippen molar-refractivity contribution in [3.63, 3.8) is 0 Å². The number of hydrogen-bond acceptors (Lipinski definition) is 1. The fourth-order valence-corrected chi connectivity index (χ4v) is 0. The van der Waals surface area contributed by atoms with Crippen LogP contribution in [0.2, 0.25) is 0 Å². The molecule has 0 aromatic carbocycles. The molecule has 3 N–H and O–H groups in total. The van der Waals surface area contributed by atoms with E-state index in [1.165, 1.54) is 0 Å². The Morgan fingerprint density at radius 2 is 1.17 bits per heavy atom. The predicted molar refractivity (Wildman–Crippen MR) is 26.4 cm³/mol. The SMILES string of the molecule is C[CH-]C.N.[Br-].[Mg+2]. The molecule has 0 aliphatic carbocycles. The minimum atomic E-state index is 0. The number of halogens is 1. The summed E-state index contributed by atoms with van der Waals surface area (Å²) in [4.78, 5) is 0. The average molecular weight is 164 g/mol. The van der Waals surface area contributed by atoms with Gasteiger partial charge in [0.2, 0.25) is 0 Å². The van der Waals surface area contributed by atoms with E-state index in [0.717, 1.165) is 0 Å². The molecular weight excluding hydrogens is 154 g/mol. The van der Waals surface area contributed by atoms with Gasteiger partial charge in [-0.05, 0) is 0 Å². The molecule has 0 amide bonds. The van der Waals surface area contributed by atoms with E-state index in [0.29, 0.717) is 0 Å². The Bertz CT molecular complexity index is 10.8. The zero-order chi connectivity index (χ0) is 2.71. The van der Waals surface area contributed by atoms with E-state index in [1.807, 2.05) is 20.3 Å². The molecule has 0 aliphatic rings. The summed E-state index contributed by atoms with van der Waals surface area (Å²) in [6.45, 7) is 4.00. The molecule has 3 heteroatoms. The molecule has 0 heterocycles. The van der Waals surface area contributed by atoms with Crippen LogP contribution in [-0.2, 0) is 0 Å². The van der Waals surface area contributed by atoms with Crippen LogP contribution in [0.4, 0.5) is 0 Å². The van der Waals surface area contributed by atoms with Gasteiger partial charge in [-0.15, -0.1) is 0 Å². The van der Waals surface area contributed by atoms with Crippen LogP contribution in [0, 0.1) is 6.42 Å². The summed E-state index contributed by atoms with van der Waals surface area (Å²) in [7, 11) is 0. The summed E-state index contributed by atoms with van der Waals surface area (Å²) in [6.07, 6.45) is 2.00. The van der Waals surface area contributed by atoms with Crippen molar-refractivity contribution in [3.05, 3.63) is 6.42 Å². The number of hydrogen-bond donors (Lipinski definition) is 1. The van der Waals surface area contributed by atoms with E-state index in [4.69, 9.17) is 0 Å². The summed E-state index contributed by atoms with van der Waals surface area (Å²) in [5.74, 6) is 0. The van der Waals surface area contributed by atoms with Crippen molar-refractivity contribution in [2.45, 2.75) is 13.8 Å². The molecule has 0 aromatic heterocycles. The second-order valence-corrected chi connectivity index (χ2v) is 0.577. The predicted octanol–water partition coefficient (Wildman–Crippen LogP) is -1.98. The molecule has 0 atom stereocenters. The molecule has 0 saturated heterocycles. The molecular formula is C3H10BrMgN. The summed E-state index contributed by atoms with van der Waals surface area (Å²) in [5.41, 5.74) is 0. The van der Waals surface area contributed by atoms with Crippen LogP contribution in [0.1, 0.15) is 13.8 Å². The fourth-order valence-electron chi connectivity index (χ4n) is 0. The zero-order valence-corrected chi connectivity index (χ0v) is 7.37. The van der Waals surface area contributed by atoms with Gasteiger partial charge in [0.25, 0.3) is 0 Å². The van der Waals surface area contributed by atoms with Gasteiger partial charge >= 0.3 is 23.1 Å². The maximum absolute atomic E-state index is 2.00. The minimum absolute atomic E-state index is 0. The second kappa shape index (κ2) is 34.6. The van der Waals surface area contributed by atoms with Crippen molar-refractivity contribution in [2.24, 2.45) is 0 Å². The van der Waals surface area contributed by atoms with Gasteiger partial charge in [0, 0.05) is 0 Å². The molecule has 0 saturated carbocycles. The van der Waals surface area contributed by atoms with Crippen molar-refractivity contribution in [1.29, 1.82) is 0 Å². The van der Waals surface area contributed by atoms with Crippen LogP contribution >= 0.6 is 0 Å². The minimum Gasteiger partial charge on any atom is -1.00 e.